The van der Waals surface area contributed by atoms with Crippen molar-refractivity contribution in [2.24, 2.45) is 17.4 Å². The van der Waals surface area contributed by atoms with E-state index in [4.69, 9.17) is 20.3 Å². The minimum atomic E-state index is -1.97. The molecule has 4 nitrogen and oxygen atoms in total. The molecule has 0 aliphatic heterocycles. The standard InChI is InChI=1S/C9H24N2O2Si/c1-4-14(12-2,13-3)8-9(7-11)5-6-10/h9H,4-8,10-11H2,1-3H3. The number of rotatable bonds is 8. The smallest absolute Gasteiger partial charge is 0.337 e. The lowest BCUT2D eigenvalue weighted by molar-refractivity contribution is 0.234. The molecule has 0 aromatic heterocycles. The summed E-state index contributed by atoms with van der Waals surface area (Å²) in [6.07, 6.45) is 0.956. The van der Waals surface area contributed by atoms with Gasteiger partial charge in [0.15, 0.2) is 0 Å². The molecule has 1 unspecified atom stereocenters. The van der Waals surface area contributed by atoms with E-state index < -0.39 is 8.56 Å². The van der Waals surface area contributed by atoms with Gasteiger partial charge in [0.05, 0.1) is 0 Å². The van der Waals surface area contributed by atoms with Gasteiger partial charge < -0.3 is 20.3 Å². The molecule has 1 atom stereocenters. The predicted octanol–water partition coefficient (Wildman–Crippen LogP) is 0.665. The molecule has 0 spiro atoms. The summed E-state index contributed by atoms with van der Waals surface area (Å²) in [6, 6.07) is 1.91. The molecule has 0 bridgehead atoms. The lowest BCUT2D eigenvalue weighted by Crippen LogP contribution is -2.42. The highest BCUT2D eigenvalue weighted by molar-refractivity contribution is 6.67. The Morgan fingerprint density at radius 1 is 1.21 bits per heavy atom. The van der Waals surface area contributed by atoms with Crippen LogP contribution >= 0.6 is 0 Å². The summed E-state index contributed by atoms with van der Waals surface area (Å²) in [5, 5.41) is 0. The molecule has 14 heavy (non-hydrogen) atoms. The van der Waals surface area contributed by atoms with Gasteiger partial charge in [-0.2, -0.15) is 0 Å². The molecule has 0 rings (SSSR count). The normalized spacial score (nSPS) is 14.4. The summed E-state index contributed by atoms with van der Waals surface area (Å²) >= 11 is 0. The van der Waals surface area contributed by atoms with Crippen LogP contribution in [0.1, 0.15) is 13.3 Å². The maximum Gasteiger partial charge on any atom is 0.337 e. The fourth-order valence-corrected chi connectivity index (χ4v) is 4.28. The molecule has 0 heterocycles. The van der Waals surface area contributed by atoms with Crippen LogP contribution in [0.2, 0.25) is 12.1 Å². The Balaban J connectivity index is 4.24. The van der Waals surface area contributed by atoms with E-state index in [2.05, 4.69) is 6.92 Å². The molecule has 86 valence electrons. The van der Waals surface area contributed by atoms with Gasteiger partial charge in [-0.25, -0.2) is 0 Å². The minimum absolute atomic E-state index is 0.437. The lowest BCUT2D eigenvalue weighted by Gasteiger charge is -2.29. The summed E-state index contributed by atoms with van der Waals surface area (Å²) in [4.78, 5) is 0. The van der Waals surface area contributed by atoms with E-state index >= 15 is 0 Å². The highest BCUT2D eigenvalue weighted by Gasteiger charge is 2.35. The number of hydrogen-bond donors (Lipinski definition) is 2. The van der Waals surface area contributed by atoms with Crippen molar-refractivity contribution in [3.05, 3.63) is 0 Å². The van der Waals surface area contributed by atoms with Gasteiger partial charge in [0.2, 0.25) is 0 Å². The first kappa shape index (κ1) is 14.1. The monoisotopic (exact) mass is 220 g/mol. The first-order chi connectivity index (χ1) is 6.67. The van der Waals surface area contributed by atoms with Gasteiger partial charge in [0.25, 0.3) is 0 Å². The summed E-state index contributed by atoms with van der Waals surface area (Å²) in [5.41, 5.74) is 11.2. The quantitative estimate of drug-likeness (QED) is 0.590. The van der Waals surface area contributed by atoms with Crippen LogP contribution in [0.25, 0.3) is 0 Å². The van der Waals surface area contributed by atoms with Crippen molar-refractivity contribution in [1.82, 2.24) is 0 Å². The SMILES string of the molecule is CC[Si](CC(CN)CCN)(OC)OC. The number of hydrogen-bond acceptors (Lipinski definition) is 4. The Morgan fingerprint density at radius 3 is 2.07 bits per heavy atom. The zero-order valence-electron chi connectivity index (χ0n) is 9.58. The van der Waals surface area contributed by atoms with E-state index in [1.807, 2.05) is 0 Å². The number of nitrogens with two attached hydrogens (primary N) is 2. The average molecular weight is 220 g/mol. The van der Waals surface area contributed by atoms with Crippen molar-refractivity contribution >= 4 is 8.56 Å². The zero-order valence-corrected chi connectivity index (χ0v) is 10.6. The molecule has 0 aliphatic rings. The molecular weight excluding hydrogens is 196 g/mol. The van der Waals surface area contributed by atoms with Crippen molar-refractivity contribution in [3.8, 4) is 0 Å². The second-order valence-corrected chi connectivity index (χ2v) is 7.31. The molecule has 5 heteroatoms. The third-order valence-corrected chi connectivity index (χ3v) is 6.56. The van der Waals surface area contributed by atoms with Crippen LogP contribution < -0.4 is 11.5 Å². The molecule has 0 aromatic carbocycles. The second-order valence-electron chi connectivity index (χ2n) is 3.56. The van der Waals surface area contributed by atoms with E-state index in [-0.39, 0.29) is 0 Å². The summed E-state index contributed by atoms with van der Waals surface area (Å²) in [6.45, 7) is 3.46. The molecule has 0 aliphatic carbocycles. The molecule has 0 radical (unpaired) electrons. The van der Waals surface area contributed by atoms with Crippen molar-refractivity contribution in [2.75, 3.05) is 27.3 Å². The van der Waals surface area contributed by atoms with E-state index in [9.17, 15) is 0 Å². The van der Waals surface area contributed by atoms with Crippen LogP contribution in [-0.2, 0) is 8.85 Å². The van der Waals surface area contributed by atoms with Crippen LogP contribution in [-0.4, -0.2) is 35.9 Å². The molecule has 4 N–H and O–H groups in total. The van der Waals surface area contributed by atoms with Crippen molar-refractivity contribution in [1.29, 1.82) is 0 Å². The Kier molecular flexibility index (Phi) is 7.39. The van der Waals surface area contributed by atoms with Gasteiger partial charge in [-0.1, -0.05) is 6.92 Å². The third kappa shape index (κ3) is 4.06. The van der Waals surface area contributed by atoms with E-state index in [1.165, 1.54) is 0 Å². The summed E-state index contributed by atoms with van der Waals surface area (Å²) in [5.74, 6) is 0.437. The van der Waals surface area contributed by atoms with Crippen LogP contribution in [0, 0.1) is 5.92 Å². The van der Waals surface area contributed by atoms with Gasteiger partial charge in [0, 0.05) is 14.2 Å². The van der Waals surface area contributed by atoms with E-state index in [0.29, 0.717) is 19.0 Å². The van der Waals surface area contributed by atoms with Gasteiger partial charge in [0.1, 0.15) is 0 Å². The fourth-order valence-electron chi connectivity index (χ4n) is 1.66. The molecule has 0 amide bonds. The largest absolute Gasteiger partial charge is 0.398 e. The van der Waals surface area contributed by atoms with Gasteiger partial charge in [-0.05, 0) is 37.5 Å². The Labute approximate surface area is 88.2 Å². The second kappa shape index (κ2) is 7.36. The lowest BCUT2D eigenvalue weighted by atomic mass is 10.1. The first-order valence-electron chi connectivity index (χ1n) is 5.18. The van der Waals surface area contributed by atoms with Crippen LogP contribution in [0.4, 0.5) is 0 Å². The Hall–Kier alpha value is 0.0569. The third-order valence-electron chi connectivity index (χ3n) is 2.79. The molecule has 0 saturated heterocycles. The highest BCUT2D eigenvalue weighted by Crippen LogP contribution is 2.23. The maximum atomic E-state index is 5.69. The highest BCUT2D eigenvalue weighted by atomic mass is 28.4. The molecular formula is C9H24N2O2Si. The van der Waals surface area contributed by atoms with Crippen LogP contribution in [0.3, 0.4) is 0 Å². The Bertz CT molecular complexity index is 135. The minimum Gasteiger partial charge on any atom is -0.398 e. The molecule has 0 aromatic rings. The zero-order chi connectivity index (χ0) is 11.0. The summed E-state index contributed by atoms with van der Waals surface area (Å²) < 4.78 is 11.1. The topological polar surface area (TPSA) is 70.5 Å². The van der Waals surface area contributed by atoms with Gasteiger partial charge >= 0.3 is 8.56 Å². The predicted molar refractivity (Wildman–Crippen MR) is 61.3 cm³/mol. The fraction of sp³-hybridized carbons (Fsp3) is 1.00. The van der Waals surface area contributed by atoms with E-state index in [1.54, 1.807) is 14.2 Å². The van der Waals surface area contributed by atoms with Gasteiger partial charge in [-0.15, -0.1) is 0 Å². The average Bonchev–Trinajstić information content (AvgIpc) is 2.25. The van der Waals surface area contributed by atoms with E-state index in [0.717, 1.165) is 18.5 Å². The van der Waals surface area contributed by atoms with Gasteiger partial charge in [-0.3, -0.25) is 0 Å². The van der Waals surface area contributed by atoms with Crippen molar-refractivity contribution in [2.45, 2.75) is 25.4 Å². The maximum absolute atomic E-state index is 5.69. The molecule has 0 fully saturated rings. The van der Waals surface area contributed by atoms with Crippen LogP contribution in [0.15, 0.2) is 0 Å². The summed E-state index contributed by atoms with van der Waals surface area (Å²) in [7, 11) is 1.49. The van der Waals surface area contributed by atoms with Crippen LogP contribution in [0.5, 0.6) is 0 Å². The van der Waals surface area contributed by atoms with Crippen molar-refractivity contribution in [3.63, 3.8) is 0 Å². The Morgan fingerprint density at radius 2 is 1.79 bits per heavy atom. The molecule has 0 saturated carbocycles. The van der Waals surface area contributed by atoms with Crippen molar-refractivity contribution < 1.29 is 8.85 Å². The first-order valence-corrected chi connectivity index (χ1v) is 7.41.